The molecule has 0 radical (unpaired) electrons. The number of rotatable bonds is 7. The summed E-state index contributed by atoms with van der Waals surface area (Å²) in [5.74, 6) is 0.741. The first-order valence-electron chi connectivity index (χ1n) is 7.57. The van der Waals surface area contributed by atoms with Crippen LogP contribution in [-0.2, 0) is 11.3 Å². The fourth-order valence-corrected chi connectivity index (χ4v) is 2.45. The summed E-state index contributed by atoms with van der Waals surface area (Å²) in [7, 11) is 0. The predicted octanol–water partition coefficient (Wildman–Crippen LogP) is 1.76. The van der Waals surface area contributed by atoms with E-state index < -0.39 is 4.92 Å². The number of nitrogens with one attached hydrogen (secondary N) is 2. The Morgan fingerprint density at radius 1 is 1.42 bits per heavy atom. The molecule has 0 bridgehead atoms. The molecule has 128 valence electrons. The minimum atomic E-state index is -0.594. The lowest BCUT2D eigenvalue weighted by molar-refractivity contribution is -0.383. The smallest absolute Gasteiger partial charge is 0.353 e. The van der Waals surface area contributed by atoms with E-state index in [1.807, 2.05) is 0 Å². The summed E-state index contributed by atoms with van der Waals surface area (Å²) in [4.78, 5) is 18.7. The second kappa shape index (κ2) is 7.13. The highest BCUT2D eigenvalue weighted by atomic mass is 16.6. The van der Waals surface area contributed by atoms with Crippen molar-refractivity contribution in [3.63, 3.8) is 0 Å². The molecule has 0 spiro atoms. The molecular weight excluding hydrogens is 316 g/mol. The van der Waals surface area contributed by atoms with E-state index in [2.05, 4.69) is 20.6 Å². The van der Waals surface area contributed by atoms with Crippen molar-refractivity contribution in [1.82, 2.24) is 9.97 Å². The summed E-state index contributed by atoms with van der Waals surface area (Å²) in [6, 6.07) is 3.55. The average molecular weight is 334 g/mol. The van der Waals surface area contributed by atoms with E-state index in [-0.39, 0.29) is 29.4 Å². The third-order valence-electron chi connectivity index (χ3n) is 3.62. The summed E-state index contributed by atoms with van der Waals surface area (Å²) in [5, 5.41) is 17.1. The van der Waals surface area contributed by atoms with Crippen molar-refractivity contribution in [3.8, 4) is 0 Å². The zero-order valence-corrected chi connectivity index (χ0v) is 12.9. The molecule has 2 aromatic heterocycles. The topological polar surface area (TPSA) is 141 Å². The molecule has 0 saturated carbocycles. The summed E-state index contributed by atoms with van der Waals surface area (Å²) in [6.07, 6.45) is 3.46. The molecule has 10 heteroatoms. The molecule has 24 heavy (non-hydrogen) atoms. The maximum absolute atomic E-state index is 11.2. The highest BCUT2D eigenvalue weighted by Gasteiger charge is 2.24. The molecular formula is C14H18N6O4. The fourth-order valence-electron chi connectivity index (χ4n) is 2.45. The van der Waals surface area contributed by atoms with E-state index in [0.29, 0.717) is 25.5 Å². The van der Waals surface area contributed by atoms with Gasteiger partial charge in [0.25, 0.3) is 0 Å². The number of nitro groups is 1. The van der Waals surface area contributed by atoms with Gasteiger partial charge in [0.15, 0.2) is 0 Å². The molecule has 1 aliphatic rings. The molecule has 4 N–H and O–H groups in total. The van der Waals surface area contributed by atoms with Crippen LogP contribution in [0.3, 0.4) is 0 Å². The highest BCUT2D eigenvalue weighted by Crippen LogP contribution is 2.29. The van der Waals surface area contributed by atoms with E-state index in [9.17, 15) is 10.1 Å². The lowest BCUT2D eigenvalue weighted by Gasteiger charge is -2.13. The largest absolute Gasteiger partial charge is 0.467 e. The van der Waals surface area contributed by atoms with Crippen LogP contribution >= 0.6 is 0 Å². The second-order valence-corrected chi connectivity index (χ2v) is 5.34. The summed E-state index contributed by atoms with van der Waals surface area (Å²) in [6.45, 7) is 1.47. The molecule has 2 aromatic rings. The average Bonchev–Trinajstić information content (AvgIpc) is 3.23. The summed E-state index contributed by atoms with van der Waals surface area (Å²) >= 11 is 0. The van der Waals surface area contributed by atoms with Gasteiger partial charge < -0.3 is 25.5 Å². The van der Waals surface area contributed by atoms with Gasteiger partial charge in [-0.05, 0) is 25.0 Å². The van der Waals surface area contributed by atoms with Gasteiger partial charge in [0.2, 0.25) is 17.6 Å². The maximum Gasteiger partial charge on any atom is 0.353 e. The van der Waals surface area contributed by atoms with Gasteiger partial charge >= 0.3 is 5.69 Å². The Balaban J connectivity index is 1.75. The Kier molecular flexibility index (Phi) is 4.75. The van der Waals surface area contributed by atoms with Crippen molar-refractivity contribution in [1.29, 1.82) is 0 Å². The van der Waals surface area contributed by atoms with Crippen LogP contribution in [0.5, 0.6) is 0 Å². The third kappa shape index (κ3) is 3.71. The first-order chi connectivity index (χ1) is 11.6. The number of furan rings is 1. The molecule has 3 rings (SSSR count). The Morgan fingerprint density at radius 3 is 2.96 bits per heavy atom. The van der Waals surface area contributed by atoms with E-state index in [1.54, 1.807) is 18.4 Å². The minimum Gasteiger partial charge on any atom is -0.467 e. The van der Waals surface area contributed by atoms with E-state index in [4.69, 9.17) is 14.9 Å². The van der Waals surface area contributed by atoms with Crippen LogP contribution in [0.25, 0.3) is 0 Å². The van der Waals surface area contributed by atoms with Gasteiger partial charge in [-0.1, -0.05) is 0 Å². The maximum atomic E-state index is 11.2. The number of nitrogens with two attached hydrogens (primary N) is 1. The quantitative estimate of drug-likeness (QED) is 0.510. The molecule has 3 heterocycles. The van der Waals surface area contributed by atoms with Crippen LogP contribution in [0, 0.1) is 10.1 Å². The summed E-state index contributed by atoms with van der Waals surface area (Å²) in [5.41, 5.74) is 5.39. The van der Waals surface area contributed by atoms with E-state index in [0.717, 1.165) is 12.8 Å². The minimum absolute atomic E-state index is 0.0142. The molecule has 1 aliphatic heterocycles. The number of aromatic nitrogens is 2. The Labute approximate surface area is 137 Å². The third-order valence-corrected chi connectivity index (χ3v) is 3.62. The molecule has 1 atom stereocenters. The van der Waals surface area contributed by atoms with Gasteiger partial charge in [0, 0.05) is 13.2 Å². The molecule has 0 amide bonds. The predicted molar refractivity (Wildman–Crippen MR) is 86.6 cm³/mol. The Bertz CT molecular complexity index is 700. The number of anilines is 3. The van der Waals surface area contributed by atoms with Crippen molar-refractivity contribution >= 4 is 23.3 Å². The lowest BCUT2D eigenvalue weighted by Crippen LogP contribution is -2.20. The molecule has 1 saturated heterocycles. The van der Waals surface area contributed by atoms with Crippen molar-refractivity contribution in [2.45, 2.75) is 25.5 Å². The molecule has 10 nitrogen and oxygen atoms in total. The Morgan fingerprint density at radius 2 is 2.29 bits per heavy atom. The normalized spacial score (nSPS) is 16.9. The standard InChI is InChI=1S/C14H18N6O4/c15-12-11(20(21)22)13(16-7-9-3-1-5-23-9)19-14(18-12)17-8-10-4-2-6-24-10/h2,4,6,9H,1,3,5,7-8H2,(H4,15,16,17,18,19)/t9-/m1/s1. The van der Waals surface area contributed by atoms with Crippen LogP contribution in [0.15, 0.2) is 22.8 Å². The number of hydrogen-bond donors (Lipinski definition) is 3. The van der Waals surface area contributed by atoms with Crippen LogP contribution in [0.1, 0.15) is 18.6 Å². The van der Waals surface area contributed by atoms with Gasteiger partial charge in [-0.15, -0.1) is 0 Å². The van der Waals surface area contributed by atoms with Gasteiger partial charge in [-0.25, -0.2) is 0 Å². The summed E-state index contributed by atoms with van der Waals surface area (Å²) < 4.78 is 10.7. The van der Waals surface area contributed by atoms with Crippen molar-refractivity contribution in [3.05, 3.63) is 34.3 Å². The van der Waals surface area contributed by atoms with Crippen LogP contribution in [-0.4, -0.2) is 34.1 Å². The highest BCUT2D eigenvalue weighted by molar-refractivity contribution is 5.69. The van der Waals surface area contributed by atoms with Crippen LogP contribution < -0.4 is 16.4 Å². The molecule has 0 aliphatic carbocycles. The number of nitrogens with zero attached hydrogens (tertiary/aromatic N) is 3. The van der Waals surface area contributed by atoms with E-state index >= 15 is 0 Å². The molecule has 0 unspecified atom stereocenters. The fraction of sp³-hybridized carbons (Fsp3) is 0.429. The molecule has 1 fully saturated rings. The van der Waals surface area contributed by atoms with Crippen molar-refractivity contribution in [2.24, 2.45) is 0 Å². The zero-order valence-electron chi connectivity index (χ0n) is 12.9. The van der Waals surface area contributed by atoms with Gasteiger partial charge in [-0.3, -0.25) is 10.1 Å². The number of nitrogen functional groups attached to an aromatic ring is 1. The van der Waals surface area contributed by atoms with Crippen molar-refractivity contribution in [2.75, 3.05) is 29.5 Å². The van der Waals surface area contributed by atoms with E-state index in [1.165, 1.54) is 0 Å². The lowest BCUT2D eigenvalue weighted by atomic mass is 10.2. The monoisotopic (exact) mass is 334 g/mol. The second-order valence-electron chi connectivity index (χ2n) is 5.34. The van der Waals surface area contributed by atoms with Gasteiger partial charge in [0.1, 0.15) is 5.76 Å². The van der Waals surface area contributed by atoms with Crippen molar-refractivity contribution < 1.29 is 14.1 Å². The number of ether oxygens (including phenoxy) is 1. The Hall–Kier alpha value is -2.88. The number of hydrogen-bond acceptors (Lipinski definition) is 9. The first kappa shape index (κ1) is 16.0. The van der Waals surface area contributed by atoms with Crippen LogP contribution in [0.2, 0.25) is 0 Å². The first-order valence-corrected chi connectivity index (χ1v) is 7.57. The van der Waals surface area contributed by atoms with Gasteiger partial charge in [0.05, 0.1) is 23.8 Å². The van der Waals surface area contributed by atoms with Crippen LogP contribution in [0.4, 0.5) is 23.3 Å². The molecule has 0 aromatic carbocycles. The zero-order chi connectivity index (χ0) is 16.9. The SMILES string of the molecule is Nc1nc(NCc2ccco2)nc(NC[C@H]2CCCO2)c1[N+](=O)[O-]. The van der Waals surface area contributed by atoms with Gasteiger partial charge in [-0.2, -0.15) is 9.97 Å².